The minimum Gasteiger partial charge on any atom is -0.288 e. The number of ketones is 2. The maximum absolute atomic E-state index is 12.3. The Bertz CT molecular complexity index is 674. The van der Waals surface area contributed by atoms with Crippen LogP contribution >= 0.6 is 0 Å². The van der Waals surface area contributed by atoms with Crippen LogP contribution in [0.1, 0.15) is 39.1 Å². The summed E-state index contributed by atoms with van der Waals surface area (Å²) in [4.78, 5) is 24.6. The maximum Gasteiger partial charge on any atom is 0.197 e. The van der Waals surface area contributed by atoms with E-state index in [1.165, 1.54) is 0 Å². The van der Waals surface area contributed by atoms with Crippen LogP contribution in [0.2, 0.25) is 0 Å². The lowest BCUT2D eigenvalue weighted by molar-refractivity contribution is 0.0988. The molecule has 0 aromatic heterocycles. The fourth-order valence-electron chi connectivity index (χ4n) is 2.53. The first-order chi connectivity index (χ1) is 9.68. The zero-order valence-electron chi connectivity index (χ0n) is 11.2. The van der Waals surface area contributed by atoms with Gasteiger partial charge in [0.2, 0.25) is 0 Å². The predicted molar refractivity (Wildman–Crippen MR) is 78.0 cm³/mol. The summed E-state index contributed by atoms with van der Waals surface area (Å²) in [5.74, 6) is -0.282. The summed E-state index contributed by atoms with van der Waals surface area (Å²) in [5.41, 5.74) is 2.42. The molecule has 0 radical (unpaired) electrons. The van der Waals surface area contributed by atoms with E-state index < -0.39 is 0 Å². The second kappa shape index (κ2) is 4.89. The molecule has 0 saturated carbocycles. The minimum absolute atomic E-state index is 0.0356. The Morgan fingerprint density at radius 2 is 1.30 bits per heavy atom. The Kier molecular flexibility index (Phi) is 3.07. The molecule has 0 fully saturated rings. The van der Waals surface area contributed by atoms with Gasteiger partial charge in [0.05, 0.1) is 5.57 Å². The lowest BCUT2D eigenvalue weighted by atomic mass is 9.97. The van der Waals surface area contributed by atoms with Gasteiger partial charge in [-0.25, -0.2) is 0 Å². The number of fused-ring (bicyclic) bond motifs is 1. The molecule has 98 valence electrons. The van der Waals surface area contributed by atoms with E-state index in [2.05, 4.69) is 0 Å². The van der Waals surface area contributed by atoms with E-state index in [1.54, 1.807) is 30.3 Å². The number of carbonyl (C=O) groups is 2. The third-order valence-corrected chi connectivity index (χ3v) is 3.65. The average molecular weight is 262 g/mol. The normalized spacial score (nSPS) is 15.2. The summed E-state index contributed by atoms with van der Waals surface area (Å²) >= 11 is 0. The largest absolute Gasteiger partial charge is 0.288 e. The van der Waals surface area contributed by atoms with Crippen LogP contribution in [0, 0.1) is 0 Å². The zero-order chi connectivity index (χ0) is 14.1. The second-order valence-corrected chi connectivity index (χ2v) is 4.98. The molecule has 2 aromatic rings. The molecule has 0 unspecified atom stereocenters. The first kappa shape index (κ1) is 12.5. The fraction of sp³-hybridized carbons (Fsp3) is 0.111. The standard InChI is InChI=1S/C18H14O2/c1-12(13-7-3-2-4-8-13)11-16-17(19)14-9-5-6-10-15(14)18(16)20/h2-12H,1H3/t12-/m1/s1. The third kappa shape index (κ3) is 1.99. The van der Waals surface area contributed by atoms with Crippen molar-refractivity contribution in [1.82, 2.24) is 0 Å². The average Bonchev–Trinajstić information content (AvgIpc) is 2.74. The van der Waals surface area contributed by atoms with Gasteiger partial charge in [-0.05, 0) is 5.56 Å². The van der Waals surface area contributed by atoms with E-state index in [-0.39, 0.29) is 17.5 Å². The smallest absolute Gasteiger partial charge is 0.197 e. The van der Waals surface area contributed by atoms with Crippen LogP contribution in [-0.2, 0) is 0 Å². The van der Waals surface area contributed by atoms with E-state index in [0.29, 0.717) is 16.7 Å². The highest BCUT2D eigenvalue weighted by Crippen LogP contribution is 2.29. The molecule has 0 N–H and O–H groups in total. The number of hydrogen-bond acceptors (Lipinski definition) is 2. The molecule has 1 atom stereocenters. The molecule has 0 amide bonds. The van der Waals surface area contributed by atoms with Gasteiger partial charge < -0.3 is 0 Å². The van der Waals surface area contributed by atoms with E-state index in [4.69, 9.17) is 0 Å². The first-order valence-corrected chi connectivity index (χ1v) is 6.63. The third-order valence-electron chi connectivity index (χ3n) is 3.65. The second-order valence-electron chi connectivity index (χ2n) is 4.98. The molecule has 0 bridgehead atoms. The fourth-order valence-corrected chi connectivity index (χ4v) is 2.53. The van der Waals surface area contributed by atoms with Gasteiger partial charge in [0.15, 0.2) is 11.6 Å². The lowest BCUT2D eigenvalue weighted by Gasteiger charge is -2.07. The molecule has 0 saturated heterocycles. The Morgan fingerprint density at radius 3 is 1.85 bits per heavy atom. The molecule has 2 nitrogen and oxygen atoms in total. The molecule has 2 aromatic carbocycles. The Hall–Kier alpha value is -2.48. The Morgan fingerprint density at radius 1 is 0.800 bits per heavy atom. The molecule has 1 aliphatic carbocycles. The van der Waals surface area contributed by atoms with E-state index in [0.717, 1.165) is 5.56 Å². The van der Waals surface area contributed by atoms with Crippen LogP contribution in [0.25, 0.3) is 0 Å². The Labute approximate surface area is 117 Å². The van der Waals surface area contributed by atoms with Crippen molar-refractivity contribution in [2.45, 2.75) is 12.8 Å². The van der Waals surface area contributed by atoms with Crippen molar-refractivity contribution in [2.24, 2.45) is 0 Å². The molecule has 0 aliphatic heterocycles. The monoisotopic (exact) mass is 262 g/mol. The van der Waals surface area contributed by atoms with Crippen molar-refractivity contribution in [3.63, 3.8) is 0 Å². The van der Waals surface area contributed by atoms with Gasteiger partial charge in [-0.2, -0.15) is 0 Å². The molecule has 3 rings (SSSR count). The lowest BCUT2D eigenvalue weighted by Crippen LogP contribution is -2.03. The summed E-state index contributed by atoms with van der Waals surface area (Å²) in [7, 11) is 0. The van der Waals surface area contributed by atoms with Crippen molar-refractivity contribution in [3.8, 4) is 0 Å². The zero-order valence-corrected chi connectivity index (χ0v) is 11.2. The van der Waals surface area contributed by atoms with Crippen LogP contribution in [0.15, 0.2) is 66.2 Å². The number of benzene rings is 2. The van der Waals surface area contributed by atoms with Crippen molar-refractivity contribution in [2.75, 3.05) is 0 Å². The highest BCUT2D eigenvalue weighted by molar-refractivity contribution is 6.39. The number of carbonyl (C=O) groups excluding carboxylic acids is 2. The number of hydrogen-bond donors (Lipinski definition) is 0. The first-order valence-electron chi connectivity index (χ1n) is 6.63. The van der Waals surface area contributed by atoms with Crippen LogP contribution in [0.3, 0.4) is 0 Å². The highest BCUT2D eigenvalue weighted by atomic mass is 16.2. The predicted octanol–water partition coefficient (Wildman–Crippen LogP) is 3.80. The van der Waals surface area contributed by atoms with Gasteiger partial charge >= 0.3 is 0 Å². The van der Waals surface area contributed by atoms with Gasteiger partial charge in [0.1, 0.15) is 0 Å². The van der Waals surface area contributed by atoms with Gasteiger partial charge in [0.25, 0.3) is 0 Å². The van der Waals surface area contributed by atoms with Crippen molar-refractivity contribution >= 4 is 11.6 Å². The summed E-state index contributed by atoms with van der Waals surface area (Å²) in [6.07, 6.45) is 1.78. The topological polar surface area (TPSA) is 34.1 Å². The molecule has 0 spiro atoms. The van der Waals surface area contributed by atoms with Gasteiger partial charge in [0, 0.05) is 17.0 Å². The molecule has 20 heavy (non-hydrogen) atoms. The van der Waals surface area contributed by atoms with Crippen molar-refractivity contribution in [1.29, 1.82) is 0 Å². The van der Waals surface area contributed by atoms with Gasteiger partial charge in [-0.15, -0.1) is 0 Å². The minimum atomic E-state index is -0.159. The van der Waals surface area contributed by atoms with Crippen molar-refractivity contribution in [3.05, 3.63) is 82.9 Å². The Balaban J connectivity index is 1.99. The molecule has 2 heteroatoms. The molecule has 1 aliphatic rings. The van der Waals surface area contributed by atoms with Crippen LogP contribution < -0.4 is 0 Å². The van der Waals surface area contributed by atoms with Crippen molar-refractivity contribution < 1.29 is 9.59 Å². The van der Waals surface area contributed by atoms with E-state index in [1.807, 2.05) is 37.3 Å². The SMILES string of the molecule is C[C@H](C=C1C(=O)c2ccccc2C1=O)c1ccccc1. The summed E-state index contributed by atoms with van der Waals surface area (Å²) in [5, 5.41) is 0. The number of rotatable bonds is 2. The van der Waals surface area contributed by atoms with Gasteiger partial charge in [-0.1, -0.05) is 67.6 Å². The van der Waals surface area contributed by atoms with Gasteiger partial charge in [-0.3, -0.25) is 9.59 Å². The van der Waals surface area contributed by atoms with E-state index >= 15 is 0 Å². The molecular weight excluding hydrogens is 248 g/mol. The number of Topliss-reactive ketones (excluding diaryl/α,β-unsaturated/α-hetero) is 2. The summed E-state index contributed by atoms with van der Waals surface area (Å²) in [6, 6.07) is 16.9. The molecule has 0 heterocycles. The number of allylic oxidation sites excluding steroid dienone is 2. The summed E-state index contributed by atoms with van der Waals surface area (Å²) < 4.78 is 0. The summed E-state index contributed by atoms with van der Waals surface area (Å²) in [6.45, 7) is 1.99. The van der Waals surface area contributed by atoms with Crippen LogP contribution in [-0.4, -0.2) is 11.6 Å². The van der Waals surface area contributed by atoms with Crippen LogP contribution in [0.5, 0.6) is 0 Å². The van der Waals surface area contributed by atoms with Crippen LogP contribution in [0.4, 0.5) is 0 Å². The highest BCUT2D eigenvalue weighted by Gasteiger charge is 2.32. The molecular formula is C18H14O2. The quantitative estimate of drug-likeness (QED) is 0.609. The maximum atomic E-state index is 12.3. The van der Waals surface area contributed by atoms with E-state index in [9.17, 15) is 9.59 Å².